The zero-order chi connectivity index (χ0) is 17.6. The Morgan fingerprint density at radius 1 is 1.00 bits per heavy atom. The Morgan fingerprint density at radius 2 is 1.46 bits per heavy atom. The average Bonchev–Trinajstić information content (AvgIpc) is 2.62. The van der Waals surface area contributed by atoms with Crippen molar-refractivity contribution in [3.05, 3.63) is 0 Å². The van der Waals surface area contributed by atoms with Crippen LogP contribution in [-0.2, 0) is 14.3 Å². The minimum atomic E-state index is -0.848. The van der Waals surface area contributed by atoms with E-state index in [1.54, 1.807) is 6.92 Å². The van der Waals surface area contributed by atoms with Crippen LogP contribution in [-0.4, -0.2) is 23.7 Å². The largest absolute Gasteiger partial charge is 0.481 e. The van der Waals surface area contributed by atoms with Gasteiger partial charge in [-0.3, -0.25) is 9.59 Å². The number of carbonyl (C=O) groups is 2. The Bertz CT molecular complexity index is 401. The van der Waals surface area contributed by atoms with Crippen LogP contribution in [0.2, 0.25) is 0 Å². The monoisotopic (exact) mass is 338 g/mol. The van der Waals surface area contributed by atoms with Gasteiger partial charge in [0.15, 0.2) is 0 Å². The van der Waals surface area contributed by atoms with Gasteiger partial charge in [-0.15, -0.1) is 0 Å². The van der Waals surface area contributed by atoms with Crippen LogP contribution in [0.3, 0.4) is 0 Å². The number of rotatable bonds is 7. The molecule has 2 aliphatic rings. The molecule has 0 aliphatic heterocycles. The van der Waals surface area contributed by atoms with Crippen LogP contribution < -0.4 is 0 Å². The number of carboxylic acid groups (broad SMARTS) is 1. The van der Waals surface area contributed by atoms with E-state index in [0.29, 0.717) is 6.61 Å². The summed E-state index contributed by atoms with van der Waals surface area (Å²) < 4.78 is 5.63. The third-order valence-corrected chi connectivity index (χ3v) is 6.44. The average molecular weight is 338 g/mol. The highest BCUT2D eigenvalue weighted by Crippen LogP contribution is 2.54. The number of hydrogen-bond acceptors (Lipinski definition) is 3. The highest BCUT2D eigenvalue weighted by Gasteiger charge is 2.57. The molecule has 4 heteroatoms. The van der Waals surface area contributed by atoms with Crippen molar-refractivity contribution in [2.45, 2.75) is 84.5 Å². The second-order valence-electron chi connectivity index (χ2n) is 7.80. The van der Waals surface area contributed by atoms with Gasteiger partial charge in [0.2, 0.25) is 0 Å². The highest BCUT2D eigenvalue weighted by atomic mass is 16.5. The van der Waals surface area contributed by atoms with Gasteiger partial charge in [0.1, 0.15) is 0 Å². The topological polar surface area (TPSA) is 63.6 Å². The van der Waals surface area contributed by atoms with Gasteiger partial charge in [-0.1, -0.05) is 52.4 Å². The van der Waals surface area contributed by atoms with E-state index in [2.05, 4.69) is 0 Å². The van der Waals surface area contributed by atoms with Gasteiger partial charge in [-0.05, 0) is 43.9 Å². The molecule has 24 heavy (non-hydrogen) atoms. The molecule has 0 saturated heterocycles. The van der Waals surface area contributed by atoms with Crippen molar-refractivity contribution in [2.75, 3.05) is 6.61 Å². The third-order valence-electron chi connectivity index (χ3n) is 6.44. The number of esters is 1. The van der Waals surface area contributed by atoms with E-state index < -0.39 is 17.3 Å². The van der Waals surface area contributed by atoms with Gasteiger partial charge in [0, 0.05) is 0 Å². The number of aliphatic carboxylic acids is 1. The molecule has 0 spiro atoms. The molecule has 0 heterocycles. The quantitative estimate of drug-likeness (QED) is 0.677. The van der Waals surface area contributed by atoms with Crippen molar-refractivity contribution in [3.63, 3.8) is 0 Å². The van der Waals surface area contributed by atoms with Crippen molar-refractivity contribution < 1.29 is 19.4 Å². The molecule has 138 valence electrons. The first-order valence-electron chi connectivity index (χ1n) is 9.95. The summed E-state index contributed by atoms with van der Waals surface area (Å²) in [5.41, 5.74) is -0.832. The van der Waals surface area contributed by atoms with E-state index in [9.17, 15) is 14.7 Å². The van der Waals surface area contributed by atoms with Crippen LogP contribution >= 0.6 is 0 Å². The number of ether oxygens (including phenoxy) is 1. The van der Waals surface area contributed by atoms with Crippen LogP contribution in [0, 0.1) is 23.2 Å². The van der Waals surface area contributed by atoms with Gasteiger partial charge in [-0.2, -0.15) is 0 Å². The van der Waals surface area contributed by atoms with Gasteiger partial charge >= 0.3 is 11.9 Å². The summed E-state index contributed by atoms with van der Waals surface area (Å²) >= 11 is 0. The van der Waals surface area contributed by atoms with E-state index in [0.717, 1.165) is 57.8 Å². The molecule has 0 bridgehead atoms. The molecule has 2 saturated carbocycles. The second kappa shape index (κ2) is 8.87. The summed E-state index contributed by atoms with van der Waals surface area (Å²) in [7, 11) is 0. The third kappa shape index (κ3) is 3.78. The Labute approximate surface area is 146 Å². The molecule has 2 aliphatic carbocycles. The lowest BCUT2D eigenvalue weighted by atomic mass is 9.54. The Kier molecular flexibility index (Phi) is 7.12. The Hall–Kier alpha value is -1.06. The molecular weight excluding hydrogens is 304 g/mol. The number of hydrogen-bond donors (Lipinski definition) is 1. The first kappa shape index (κ1) is 19.3. The zero-order valence-electron chi connectivity index (χ0n) is 15.4. The van der Waals surface area contributed by atoms with Gasteiger partial charge in [0.25, 0.3) is 0 Å². The van der Waals surface area contributed by atoms with Crippen molar-refractivity contribution >= 4 is 11.9 Å². The Morgan fingerprint density at radius 3 is 1.83 bits per heavy atom. The first-order valence-corrected chi connectivity index (χ1v) is 9.95. The molecule has 2 rings (SSSR count). The summed E-state index contributed by atoms with van der Waals surface area (Å²) in [6, 6.07) is 0. The Balaban J connectivity index is 2.43. The van der Waals surface area contributed by atoms with Gasteiger partial charge < -0.3 is 9.84 Å². The fourth-order valence-corrected chi connectivity index (χ4v) is 5.24. The summed E-state index contributed by atoms with van der Waals surface area (Å²) in [4.78, 5) is 25.3. The van der Waals surface area contributed by atoms with Crippen LogP contribution in [0.4, 0.5) is 0 Å². The van der Waals surface area contributed by atoms with Gasteiger partial charge in [-0.25, -0.2) is 0 Å². The maximum atomic E-state index is 13.3. The molecule has 0 amide bonds. The van der Waals surface area contributed by atoms with Crippen molar-refractivity contribution in [3.8, 4) is 0 Å². The van der Waals surface area contributed by atoms with E-state index in [1.807, 2.05) is 6.92 Å². The van der Waals surface area contributed by atoms with Crippen LogP contribution in [0.1, 0.15) is 84.5 Å². The molecular formula is C20H34O4. The highest BCUT2D eigenvalue weighted by molar-refractivity contribution is 5.85. The molecule has 1 unspecified atom stereocenters. The molecule has 0 aromatic carbocycles. The predicted molar refractivity (Wildman–Crippen MR) is 93.6 cm³/mol. The van der Waals surface area contributed by atoms with Crippen molar-refractivity contribution in [1.82, 2.24) is 0 Å². The first-order chi connectivity index (χ1) is 11.5. The smallest absolute Gasteiger partial charge is 0.313 e. The lowest BCUT2D eigenvalue weighted by Crippen LogP contribution is -2.54. The van der Waals surface area contributed by atoms with Crippen molar-refractivity contribution in [2.24, 2.45) is 23.2 Å². The predicted octanol–water partition coefficient (Wildman–Crippen LogP) is 4.81. The fraction of sp³-hybridized carbons (Fsp3) is 0.900. The molecule has 0 radical (unpaired) electrons. The minimum absolute atomic E-state index is 0.157. The van der Waals surface area contributed by atoms with Crippen LogP contribution in [0.15, 0.2) is 0 Å². The lowest BCUT2D eigenvalue weighted by Gasteiger charge is -2.49. The standard InChI is InChI=1S/C20H34O4/c1-3-14-24-19(23)20(15(2)18(21)22,16-10-6-4-7-11-16)17-12-8-5-9-13-17/h15-17H,3-14H2,1-2H3,(H,21,22). The molecule has 0 aromatic rings. The molecule has 0 aromatic heterocycles. The maximum absolute atomic E-state index is 13.3. The fourth-order valence-electron chi connectivity index (χ4n) is 5.24. The van der Waals surface area contributed by atoms with E-state index >= 15 is 0 Å². The molecule has 2 fully saturated rings. The van der Waals surface area contributed by atoms with E-state index in [-0.39, 0.29) is 17.8 Å². The van der Waals surface area contributed by atoms with Gasteiger partial charge in [0.05, 0.1) is 17.9 Å². The number of carboxylic acids is 1. The second-order valence-corrected chi connectivity index (χ2v) is 7.80. The van der Waals surface area contributed by atoms with E-state index in [1.165, 1.54) is 12.8 Å². The zero-order valence-corrected chi connectivity index (χ0v) is 15.4. The summed E-state index contributed by atoms with van der Waals surface area (Å²) in [6.07, 6.45) is 11.5. The lowest BCUT2D eigenvalue weighted by molar-refractivity contribution is -0.181. The maximum Gasteiger partial charge on any atom is 0.313 e. The normalized spacial score (nSPS) is 22.1. The van der Waals surface area contributed by atoms with Crippen LogP contribution in [0.5, 0.6) is 0 Å². The minimum Gasteiger partial charge on any atom is -0.481 e. The number of carbonyl (C=O) groups excluding carboxylic acids is 1. The summed E-state index contributed by atoms with van der Waals surface area (Å²) in [6.45, 7) is 4.13. The molecule has 1 atom stereocenters. The molecule has 4 nitrogen and oxygen atoms in total. The van der Waals surface area contributed by atoms with Crippen LogP contribution in [0.25, 0.3) is 0 Å². The summed E-state index contributed by atoms with van der Waals surface area (Å²) in [5, 5.41) is 9.85. The molecule has 1 N–H and O–H groups in total. The van der Waals surface area contributed by atoms with E-state index in [4.69, 9.17) is 4.74 Å². The summed E-state index contributed by atoms with van der Waals surface area (Å²) in [5.74, 6) is -1.43. The SMILES string of the molecule is CCCOC(=O)C(C1CCCCC1)(C1CCCCC1)C(C)C(=O)O. The van der Waals surface area contributed by atoms with Crippen molar-refractivity contribution in [1.29, 1.82) is 0 Å².